The van der Waals surface area contributed by atoms with Gasteiger partial charge in [0.25, 0.3) is 0 Å². The third-order valence-corrected chi connectivity index (χ3v) is 13.5. The van der Waals surface area contributed by atoms with Crippen molar-refractivity contribution < 1.29 is 0 Å². The molecule has 1 aliphatic rings. The smallest absolute Gasteiger partial charge is 0.164 e. The maximum absolute atomic E-state index is 5.31. The minimum absolute atomic E-state index is 0.163. The van der Waals surface area contributed by atoms with E-state index in [9.17, 15) is 0 Å². The van der Waals surface area contributed by atoms with Crippen LogP contribution in [-0.2, 0) is 0 Å². The highest BCUT2D eigenvalue weighted by atomic mass is 15.0. The van der Waals surface area contributed by atoms with Gasteiger partial charge in [0.1, 0.15) is 0 Å². The summed E-state index contributed by atoms with van der Waals surface area (Å²) < 4.78 is 2.36. The van der Waals surface area contributed by atoms with Crippen molar-refractivity contribution in [1.82, 2.24) is 19.5 Å². The first-order chi connectivity index (χ1) is 33.7. The first kappa shape index (κ1) is 39.4. The number of hydrogen-bond acceptors (Lipinski definition) is 3. The lowest BCUT2D eigenvalue weighted by molar-refractivity contribution is 1.02. The van der Waals surface area contributed by atoms with Crippen LogP contribution in [0, 0.1) is 0 Å². The number of nitrogens with zero attached hydrogens (tertiary/aromatic N) is 4. The zero-order valence-electron chi connectivity index (χ0n) is 37.0. The van der Waals surface area contributed by atoms with Crippen molar-refractivity contribution in [3.8, 4) is 84.4 Å². The Labute approximate surface area is 395 Å². The van der Waals surface area contributed by atoms with Gasteiger partial charge in [-0.1, -0.05) is 200 Å². The Hall–Kier alpha value is -8.99. The van der Waals surface area contributed by atoms with Crippen LogP contribution in [-0.4, -0.2) is 19.5 Å². The second-order valence-corrected chi connectivity index (χ2v) is 17.6. The van der Waals surface area contributed by atoms with E-state index in [0.29, 0.717) is 17.5 Å². The molecule has 4 nitrogen and oxygen atoms in total. The molecule has 0 radical (unpaired) electrons. The van der Waals surface area contributed by atoms with Gasteiger partial charge in [0.15, 0.2) is 17.5 Å². The van der Waals surface area contributed by atoms with E-state index in [0.717, 1.165) is 55.7 Å². The molecule has 4 heteroatoms. The highest BCUT2D eigenvalue weighted by Gasteiger charge is 2.30. The van der Waals surface area contributed by atoms with Crippen molar-refractivity contribution >= 4 is 21.8 Å². The molecule has 1 aliphatic carbocycles. The van der Waals surface area contributed by atoms with Gasteiger partial charge in [-0.05, 0) is 110 Å². The predicted molar refractivity (Wildman–Crippen MR) is 280 cm³/mol. The Kier molecular flexibility index (Phi) is 9.54. The molecule has 0 spiro atoms. The first-order valence-electron chi connectivity index (χ1n) is 23.2. The first-order valence-corrected chi connectivity index (χ1v) is 23.2. The molecule has 0 fully saturated rings. The molecule has 0 bridgehead atoms. The van der Waals surface area contributed by atoms with Crippen LogP contribution in [0.2, 0.25) is 0 Å². The largest absolute Gasteiger partial charge is 0.309 e. The average molecular weight is 867 g/mol. The number of rotatable bonds is 8. The minimum atomic E-state index is 0.163. The quantitative estimate of drug-likeness (QED) is 0.153. The molecule has 0 amide bonds. The number of benzene rings is 10. The van der Waals surface area contributed by atoms with Crippen molar-refractivity contribution in [2.45, 2.75) is 5.92 Å². The highest BCUT2D eigenvalue weighted by molar-refractivity contribution is 6.10. The second kappa shape index (κ2) is 16.5. The maximum Gasteiger partial charge on any atom is 0.164 e. The van der Waals surface area contributed by atoms with E-state index in [4.69, 9.17) is 15.0 Å². The van der Waals surface area contributed by atoms with E-state index < -0.39 is 0 Å². The van der Waals surface area contributed by atoms with Crippen molar-refractivity contribution in [3.63, 3.8) is 0 Å². The molecule has 318 valence electrons. The molecule has 0 N–H and O–H groups in total. The molecule has 0 saturated carbocycles. The van der Waals surface area contributed by atoms with Crippen LogP contribution in [0.25, 0.3) is 106 Å². The predicted octanol–water partition coefficient (Wildman–Crippen LogP) is 16.1. The van der Waals surface area contributed by atoms with Gasteiger partial charge in [-0.15, -0.1) is 0 Å². The fourth-order valence-corrected chi connectivity index (χ4v) is 10.3. The fourth-order valence-electron chi connectivity index (χ4n) is 10.3. The Morgan fingerprint density at radius 3 is 1.44 bits per heavy atom. The molecular formula is C64H42N4. The molecule has 13 rings (SSSR count). The van der Waals surface area contributed by atoms with Crippen molar-refractivity contribution in [2.75, 3.05) is 0 Å². The van der Waals surface area contributed by atoms with E-state index in [2.05, 4.69) is 247 Å². The lowest BCUT2D eigenvalue weighted by Gasteiger charge is -2.15. The molecule has 10 aromatic carbocycles. The van der Waals surface area contributed by atoms with Crippen LogP contribution < -0.4 is 0 Å². The Morgan fingerprint density at radius 2 is 0.750 bits per heavy atom. The summed E-state index contributed by atoms with van der Waals surface area (Å²) in [6.07, 6.45) is 0. The van der Waals surface area contributed by atoms with Gasteiger partial charge in [-0.2, -0.15) is 0 Å². The van der Waals surface area contributed by atoms with Crippen LogP contribution in [0.15, 0.2) is 249 Å². The normalized spacial score (nSPS) is 12.9. The Bertz CT molecular complexity index is 3860. The number of hydrogen-bond donors (Lipinski definition) is 0. The summed E-state index contributed by atoms with van der Waals surface area (Å²) in [5, 5.41) is 2.41. The van der Waals surface area contributed by atoms with E-state index >= 15 is 0 Å². The molecule has 1 unspecified atom stereocenters. The summed E-state index contributed by atoms with van der Waals surface area (Å²) in [6, 6.07) is 88.9. The lowest BCUT2D eigenvalue weighted by Crippen LogP contribution is -2.01. The lowest BCUT2D eigenvalue weighted by atomic mass is 9.88. The van der Waals surface area contributed by atoms with Crippen LogP contribution in [0.3, 0.4) is 0 Å². The van der Waals surface area contributed by atoms with E-state index in [1.807, 2.05) is 6.07 Å². The topological polar surface area (TPSA) is 43.6 Å². The number of aromatic nitrogens is 4. The van der Waals surface area contributed by atoms with Gasteiger partial charge < -0.3 is 4.57 Å². The molecule has 1 atom stereocenters. The summed E-state index contributed by atoms with van der Waals surface area (Å²) in [4.78, 5) is 15.8. The zero-order chi connectivity index (χ0) is 45.0. The zero-order valence-corrected chi connectivity index (χ0v) is 37.0. The molecular weight excluding hydrogens is 825 g/mol. The van der Waals surface area contributed by atoms with Crippen molar-refractivity contribution in [1.29, 1.82) is 0 Å². The van der Waals surface area contributed by atoms with Crippen LogP contribution in [0.4, 0.5) is 0 Å². The van der Waals surface area contributed by atoms with Crippen LogP contribution >= 0.6 is 0 Å². The van der Waals surface area contributed by atoms with Gasteiger partial charge in [0.05, 0.1) is 11.0 Å². The van der Waals surface area contributed by atoms with Gasteiger partial charge in [0.2, 0.25) is 0 Å². The Balaban J connectivity index is 0.943. The third-order valence-electron chi connectivity index (χ3n) is 13.5. The molecule has 2 aromatic heterocycles. The summed E-state index contributed by atoms with van der Waals surface area (Å²) >= 11 is 0. The van der Waals surface area contributed by atoms with Gasteiger partial charge in [0, 0.05) is 39.1 Å². The fraction of sp³-hybridized carbons (Fsp3) is 0.0156. The van der Waals surface area contributed by atoms with Crippen molar-refractivity contribution in [2.24, 2.45) is 0 Å². The average Bonchev–Trinajstić information content (AvgIpc) is 3.94. The van der Waals surface area contributed by atoms with Gasteiger partial charge in [-0.3, -0.25) is 0 Å². The van der Waals surface area contributed by atoms with Gasteiger partial charge in [-0.25, -0.2) is 15.0 Å². The van der Waals surface area contributed by atoms with E-state index in [1.54, 1.807) is 0 Å². The minimum Gasteiger partial charge on any atom is -0.309 e. The maximum atomic E-state index is 5.31. The van der Waals surface area contributed by atoms with E-state index in [1.165, 1.54) is 49.7 Å². The monoisotopic (exact) mass is 866 g/mol. The molecule has 12 aromatic rings. The molecule has 2 heterocycles. The van der Waals surface area contributed by atoms with Crippen LogP contribution in [0.5, 0.6) is 0 Å². The second-order valence-electron chi connectivity index (χ2n) is 17.6. The third kappa shape index (κ3) is 6.90. The van der Waals surface area contributed by atoms with Crippen molar-refractivity contribution in [3.05, 3.63) is 265 Å². The summed E-state index contributed by atoms with van der Waals surface area (Å²) in [5.74, 6) is 2.00. The van der Waals surface area contributed by atoms with Crippen LogP contribution in [0.1, 0.15) is 22.6 Å². The summed E-state index contributed by atoms with van der Waals surface area (Å²) in [7, 11) is 0. The SMILES string of the molecule is c1ccc(-c2cccc(-c3nc(-c4cccc(-c5ccc6c(c5)C(c5ccccc5)c5ccccc5-6)c4)nc(-c4cccc(-n5c6ccccc6c6cc(-c7ccccc7)ccc65)c4)n3)c2)cc1. The standard InChI is InChI=1S/C64H42N4/c1-4-17-42(18-5-1)45-23-14-25-49(37-45)62-65-63(50-26-15-24-46(38-50)48-33-35-54-53-29-10-11-31-56(53)61(58(54)41-48)44-21-8-3-9-22-44)67-64(66-62)51-27-16-28-52(39-51)68-59-32-13-12-30-55(59)57-40-47(34-36-60(57)68)43-19-6-2-7-20-43/h1-41,61H. The number of fused-ring (bicyclic) bond motifs is 6. The highest BCUT2D eigenvalue weighted by Crippen LogP contribution is 2.49. The molecule has 0 aliphatic heterocycles. The summed E-state index contributed by atoms with van der Waals surface area (Å²) in [6.45, 7) is 0. The molecule has 0 saturated heterocycles. The van der Waals surface area contributed by atoms with E-state index in [-0.39, 0.29) is 5.92 Å². The number of para-hydroxylation sites is 1. The summed E-state index contributed by atoms with van der Waals surface area (Å²) in [5.41, 5.74) is 19.5. The van der Waals surface area contributed by atoms with Gasteiger partial charge >= 0.3 is 0 Å². The molecule has 68 heavy (non-hydrogen) atoms. The Morgan fingerprint density at radius 1 is 0.279 bits per heavy atom.